The van der Waals surface area contributed by atoms with Crippen LogP contribution in [0.1, 0.15) is 27.2 Å². The number of aromatic amines is 1. The smallest absolute Gasteiger partial charge is 0.0723 e. The van der Waals surface area contributed by atoms with E-state index < -0.39 is 0 Å². The number of hydrogen-bond acceptors (Lipinski definition) is 2. The first kappa shape index (κ1) is 9.10. The Morgan fingerprint density at radius 1 is 1.50 bits per heavy atom. The maximum absolute atomic E-state index is 3.85. The molecule has 0 atom stereocenters. The summed E-state index contributed by atoms with van der Waals surface area (Å²) in [5.41, 5.74) is 1.47. The Bertz CT molecular complexity index is 208. The Labute approximate surface area is 73.6 Å². The summed E-state index contributed by atoms with van der Waals surface area (Å²) < 4.78 is 0. The fraction of sp³-hybridized carbons (Fsp3) is 0.667. The minimum absolute atomic E-state index is 0.400. The first-order chi connectivity index (χ1) is 5.58. The van der Waals surface area contributed by atoms with E-state index in [1.165, 1.54) is 0 Å². The lowest BCUT2D eigenvalue weighted by atomic mass is 9.92. The van der Waals surface area contributed by atoms with Gasteiger partial charge in [0.25, 0.3) is 0 Å². The largest absolute Gasteiger partial charge is 0.382 e. The van der Waals surface area contributed by atoms with E-state index in [0.29, 0.717) is 5.41 Å². The molecule has 68 valence electrons. The fourth-order valence-electron chi connectivity index (χ4n) is 0.929. The van der Waals surface area contributed by atoms with E-state index in [1.54, 1.807) is 6.20 Å². The zero-order valence-electron chi connectivity index (χ0n) is 8.02. The second-order valence-corrected chi connectivity index (χ2v) is 4.22. The molecule has 1 aromatic rings. The van der Waals surface area contributed by atoms with Crippen LogP contribution in [-0.4, -0.2) is 16.7 Å². The van der Waals surface area contributed by atoms with Gasteiger partial charge in [-0.15, -0.1) is 0 Å². The Morgan fingerprint density at radius 2 is 2.25 bits per heavy atom. The standard InChI is InChI=1S/C9H17N3/c1-9(2,3)4-5-10-8-6-11-12-7-8/h6-7,10H,4-5H2,1-3H3,(H,11,12). The van der Waals surface area contributed by atoms with Gasteiger partial charge in [0.1, 0.15) is 0 Å². The fourth-order valence-corrected chi connectivity index (χ4v) is 0.929. The van der Waals surface area contributed by atoms with Gasteiger partial charge in [-0.1, -0.05) is 20.8 Å². The van der Waals surface area contributed by atoms with Crippen molar-refractivity contribution in [3.8, 4) is 0 Å². The van der Waals surface area contributed by atoms with Gasteiger partial charge in [0.05, 0.1) is 11.9 Å². The van der Waals surface area contributed by atoms with Gasteiger partial charge in [-0.3, -0.25) is 5.10 Å². The van der Waals surface area contributed by atoms with Crippen molar-refractivity contribution in [2.75, 3.05) is 11.9 Å². The third-order valence-electron chi connectivity index (χ3n) is 1.70. The minimum atomic E-state index is 0.400. The van der Waals surface area contributed by atoms with Crippen LogP contribution in [0.2, 0.25) is 0 Å². The zero-order valence-corrected chi connectivity index (χ0v) is 8.02. The predicted octanol–water partition coefficient (Wildman–Crippen LogP) is 2.26. The number of rotatable bonds is 3. The Kier molecular flexibility index (Phi) is 2.74. The molecule has 1 aromatic heterocycles. The van der Waals surface area contributed by atoms with Gasteiger partial charge in [0.2, 0.25) is 0 Å². The maximum atomic E-state index is 3.85. The maximum Gasteiger partial charge on any atom is 0.0723 e. The summed E-state index contributed by atoms with van der Waals surface area (Å²) in [7, 11) is 0. The molecule has 0 aliphatic carbocycles. The highest BCUT2D eigenvalue weighted by molar-refractivity contribution is 5.37. The predicted molar refractivity (Wildman–Crippen MR) is 51.1 cm³/mol. The molecule has 1 heterocycles. The molecule has 1 rings (SSSR count). The van der Waals surface area contributed by atoms with E-state index in [-0.39, 0.29) is 0 Å². The Hall–Kier alpha value is -0.990. The average Bonchev–Trinajstić information content (AvgIpc) is 2.36. The summed E-state index contributed by atoms with van der Waals surface area (Å²) >= 11 is 0. The molecule has 0 unspecified atom stereocenters. The first-order valence-electron chi connectivity index (χ1n) is 4.30. The second kappa shape index (κ2) is 3.61. The van der Waals surface area contributed by atoms with Crippen LogP contribution in [0.5, 0.6) is 0 Å². The molecule has 0 aliphatic rings. The third-order valence-corrected chi connectivity index (χ3v) is 1.70. The lowest BCUT2D eigenvalue weighted by Crippen LogP contribution is -2.12. The van der Waals surface area contributed by atoms with E-state index in [1.807, 2.05) is 6.20 Å². The van der Waals surface area contributed by atoms with Crippen molar-refractivity contribution >= 4 is 5.69 Å². The van der Waals surface area contributed by atoms with Crippen LogP contribution in [0.4, 0.5) is 5.69 Å². The van der Waals surface area contributed by atoms with E-state index in [9.17, 15) is 0 Å². The number of nitrogens with one attached hydrogen (secondary N) is 2. The molecule has 0 radical (unpaired) electrons. The van der Waals surface area contributed by atoms with Crippen LogP contribution < -0.4 is 5.32 Å². The number of aromatic nitrogens is 2. The van der Waals surface area contributed by atoms with Crippen molar-refractivity contribution in [1.82, 2.24) is 10.2 Å². The quantitative estimate of drug-likeness (QED) is 0.725. The highest BCUT2D eigenvalue weighted by Crippen LogP contribution is 2.18. The lowest BCUT2D eigenvalue weighted by molar-refractivity contribution is 0.390. The van der Waals surface area contributed by atoms with Crippen molar-refractivity contribution in [2.24, 2.45) is 5.41 Å². The molecule has 0 fully saturated rings. The van der Waals surface area contributed by atoms with Gasteiger partial charge in [0.15, 0.2) is 0 Å². The van der Waals surface area contributed by atoms with Gasteiger partial charge in [-0.2, -0.15) is 5.10 Å². The summed E-state index contributed by atoms with van der Waals surface area (Å²) in [6, 6.07) is 0. The lowest BCUT2D eigenvalue weighted by Gasteiger charge is -2.17. The van der Waals surface area contributed by atoms with Gasteiger partial charge in [0, 0.05) is 12.7 Å². The molecule has 12 heavy (non-hydrogen) atoms. The molecule has 0 saturated carbocycles. The van der Waals surface area contributed by atoms with E-state index >= 15 is 0 Å². The van der Waals surface area contributed by atoms with Gasteiger partial charge >= 0.3 is 0 Å². The number of hydrogen-bond donors (Lipinski definition) is 2. The van der Waals surface area contributed by atoms with Crippen molar-refractivity contribution in [2.45, 2.75) is 27.2 Å². The molecule has 0 aliphatic heterocycles. The van der Waals surface area contributed by atoms with E-state index in [4.69, 9.17) is 0 Å². The van der Waals surface area contributed by atoms with Crippen LogP contribution in [0.3, 0.4) is 0 Å². The molecule has 3 nitrogen and oxygen atoms in total. The molecule has 2 N–H and O–H groups in total. The first-order valence-corrected chi connectivity index (χ1v) is 4.30. The molecular formula is C9H17N3. The normalized spacial score (nSPS) is 11.6. The molecule has 0 bridgehead atoms. The second-order valence-electron chi connectivity index (χ2n) is 4.22. The summed E-state index contributed by atoms with van der Waals surface area (Å²) in [5.74, 6) is 0. The van der Waals surface area contributed by atoms with Crippen molar-refractivity contribution in [3.05, 3.63) is 12.4 Å². The number of nitrogens with zero attached hydrogens (tertiary/aromatic N) is 1. The average molecular weight is 167 g/mol. The van der Waals surface area contributed by atoms with Crippen molar-refractivity contribution < 1.29 is 0 Å². The summed E-state index contributed by atoms with van der Waals surface area (Å²) in [5, 5.41) is 9.90. The highest BCUT2D eigenvalue weighted by Gasteiger charge is 2.08. The third kappa shape index (κ3) is 3.42. The van der Waals surface area contributed by atoms with Crippen LogP contribution in [-0.2, 0) is 0 Å². The monoisotopic (exact) mass is 167 g/mol. The van der Waals surface area contributed by atoms with Crippen LogP contribution in [0, 0.1) is 5.41 Å². The summed E-state index contributed by atoms with van der Waals surface area (Å²) in [6.45, 7) is 7.72. The number of anilines is 1. The van der Waals surface area contributed by atoms with Gasteiger partial charge < -0.3 is 5.32 Å². The van der Waals surface area contributed by atoms with E-state index in [2.05, 4.69) is 36.3 Å². The number of H-pyrrole nitrogens is 1. The Balaban J connectivity index is 2.20. The molecule has 0 spiro atoms. The van der Waals surface area contributed by atoms with Crippen LogP contribution >= 0.6 is 0 Å². The molecular weight excluding hydrogens is 150 g/mol. The molecule has 0 aromatic carbocycles. The van der Waals surface area contributed by atoms with Crippen LogP contribution in [0.25, 0.3) is 0 Å². The summed E-state index contributed by atoms with van der Waals surface area (Å²) in [6.07, 6.45) is 4.82. The minimum Gasteiger partial charge on any atom is -0.382 e. The van der Waals surface area contributed by atoms with Crippen molar-refractivity contribution in [1.29, 1.82) is 0 Å². The van der Waals surface area contributed by atoms with E-state index in [0.717, 1.165) is 18.7 Å². The highest BCUT2D eigenvalue weighted by atomic mass is 15.1. The topological polar surface area (TPSA) is 40.7 Å². The molecule has 0 saturated heterocycles. The summed E-state index contributed by atoms with van der Waals surface area (Å²) in [4.78, 5) is 0. The van der Waals surface area contributed by atoms with Crippen molar-refractivity contribution in [3.63, 3.8) is 0 Å². The molecule has 0 amide bonds. The zero-order chi connectivity index (χ0) is 9.03. The molecule has 3 heteroatoms. The SMILES string of the molecule is CC(C)(C)CCNc1cn[nH]c1. The Morgan fingerprint density at radius 3 is 2.75 bits per heavy atom. The van der Waals surface area contributed by atoms with Crippen LogP contribution in [0.15, 0.2) is 12.4 Å². The van der Waals surface area contributed by atoms with Gasteiger partial charge in [-0.25, -0.2) is 0 Å². The van der Waals surface area contributed by atoms with Gasteiger partial charge in [-0.05, 0) is 11.8 Å².